The van der Waals surface area contributed by atoms with Gasteiger partial charge in [-0.1, -0.05) is 18.2 Å². The van der Waals surface area contributed by atoms with Gasteiger partial charge in [0.1, 0.15) is 4.90 Å². The highest BCUT2D eigenvalue weighted by Gasteiger charge is 2.20. The molecule has 0 spiro atoms. The van der Waals surface area contributed by atoms with Gasteiger partial charge in [-0.05, 0) is 46.1 Å². The average Bonchev–Trinajstić information content (AvgIpc) is 2.87. The lowest BCUT2D eigenvalue weighted by Gasteiger charge is -2.09. The number of nitrogens with one attached hydrogen (secondary N) is 1. The van der Waals surface area contributed by atoms with Crippen LogP contribution in [0.3, 0.4) is 0 Å². The van der Waals surface area contributed by atoms with Gasteiger partial charge in [-0.25, -0.2) is 17.8 Å². The van der Waals surface area contributed by atoms with Crippen molar-refractivity contribution < 1.29 is 8.42 Å². The fourth-order valence-electron chi connectivity index (χ4n) is 2.10. The first-order valence-corrected chi connectivity index (χ1v) is 8.64. The molecule has 0 aliphatic carbocycles. The average molecular weight is 322 g/mol. The van der Waals surface area contributed by atoms with E-state index in [1.54, 1.807) is 17.8 Å². The molecule has 2 aromatic rings. The van der Waals surface area contributed by atoms with Gasteiger partial charge in [0.2, 0.25) is 10.0 Å². The van der Waals surface area contributed by atoms with Crippen molar-refractivity contribution in [2.24, 2.45) is 0 Å². The standard InChI is InChI=1S/C15H22N4O2S/c1-13-15(22(20,21)16-10-7-11-18(2)3)12-19(17-13)14-8-5-4-6-9-14/h4-6,8-9,12,16H,7,10-11H2,1-3H3. The summed E-state index contributed by atoms with van der Waals surface area (Å²) in [6.07, 6.45) is 2.32. The van der Waals surface area contributed by atoms with E-state index in [2.05, 4.69) is 9.82 Å². The molecule has 1 aromatic heterocycles. The number of hydrogen-bond donors (Lipinski definition) is 1. The summed E-state index contributed by atoms with van der Waals surface area (Å²) in [6.45, 7) is 2.95. The SMILES string of the molecule is Cc1nn(-c2ccccc2)cc1S(=O)(=O)NCCCN(C)C. The number of para-hydroxylation sites is 1. The van der Waals surface area contributed by atoms with Gasteiger partial charge in [0.15, 0.2) is 0 Å². The number of hydrogen-bond acceptors (Lipinski definition) is 4. The van der Waals surface area contributed by atoms with E-state index in [9.17, 15) is 8.42 Å². The van der Waals surface area contributed by atoms with Gasteiger partial charge in [-0.2, -0.15) is 5.10 Å². The van der Waals surface area contributed by atoms with Crippen molar-refractivity contribution in [1.29, 1.82) is 0 Å². The molecule has 0 saturated heterocycles. The second-order valence-corrected chi connectivity index (χ2v) is 7.15. The van der Waals surface area contributed by atoms with Crippen LogP contribution in [-0.4, -0.2) is 50.3 Å². The summed E-state index contributed by atoms with van der Waals surface area (Å²) < 4.78 is 28.9. The minimum Gasteiger partial charge on any atom is -0.309 e. The maximum absolute atomic E-state index is 12.4. The molecule has 0 amide bonds. The minimum atomic E-state index is -3.53. The lowest BCUT2D eigenvalue weighted by molar-refractivity contribution is 0.400. The first-order valence-electron chi connectivity index (χ1n) is 7.16. The van der Waals surface area contributed by atoms with Gasteiger partial charge < -0.3 is 4.90 Å². The Morgan fingerprint density at radius 2 is 1.91 bits per heavy atom. The van der Waals surface area contributed by atoms with Crippen molar-refractivity contribution in [3.05, 3.63) is 42.2 Å². The maximum Gasteiger partial charge on any atom is 0.243 e. The zero-order valence-corrected chi connectivity index (χ0v) is 14.0. The second-order valence-electron chi connectivity index (χ2n) is 5.41. The van der Waals surface area contributed by atoms with Crippen LogP contribution in [0.2, 0.25) is 0 Å². The quantitative estimate of drug-likeness (QED) is 0.783. The molecule has 6 nitrogen and oxygen atoms in total. The topological polar surface area (TPSA) is 67.2 Å². The highest BCUT2D eigenvalue weighted by atomic mass is 32.2. The summed E-state index contributed by atoms with van der Waals surface area (Å²) in [5.74, 6) is 0. The van der Waals surface area contributed by atoms with Crippen LogP contribution in [0.1, 0.15) is 12.1 Å². The largest absolute Gasteiger partial charge is 0.309 e. The molecule has 0 aliphatic heterocycles. The Morgan fingerprint density at radius 1 is 1.23 bits per heavy atom. The predicted octanol–water partition coefficient (Wildman–Crippen LogP) is 1.41. The molecule has 22 heavy (non-hydrogen) atoms. The van der Waals surface area contributed by atoms with Crippen molar-refractivity contribution in [3.63, 3.8) is 0 Å². The molecule has 1 N–H and O–H groups in total. The third-order valence-electron chi connectivity index (χ3n) is 3.24. The highest BCUT2D eigenvalue weighted by molar-refractivity contribution is 7.89. The Bertz CT molecular complexity index is 708. The van der Waals surface area contributed by atoms with Crippen LogP contribution >= 0.6 is 0 Å². The van der Waals surface area contributed by atoms with Crippen molar-refractivity contribution in [2.75, 3.05) is 27.2 Å². The van der Waals surface area contributed by atoms with E-state index in [1.807, 2.05) is 49.3 Å². The third kappa shape index (κ3) is 4.16. The fourth-order valence-corrected chi connectivity index (χ4v) is 3.34. The zero-order chi connectivity index (χ0) is 16.2. The normalized spacial score (nSPS) is 12.0. The van der Waals surface area contributed by atoms with Crippen molar-refractivity contribution in [1.82, 2.24) is 19.4 Å². The molecule has 0 aliphatic rings. The first kappa shape index (κ1) is 16.7. The molecule has 7 heteroatoms. The summed E-state index contributed by atoms with van der Waals surface area (Å²) in [4.78, 5) is 2.24. The van der Waals surface area contributed by atoms with E-state index in [0.29, 0.717) is 12.2 Å². The summed E-state index contributed by atoms with van der Waals surface area (Å²) >= 11 is 0. The molecule has 0 bridgehead atoms. The smallest absolute Gasteiger partial charge is 0.243 e. The van der Waals surface area contributed by atoms with Gasteiger partial charge in [0.05, 0.1) is 17.6 Å². The van der Waals surface area contributed by atoms with E-state index in [-0.39, 0.29) is 4.90 Å². The first-order chi connectivity index (χ1) is 10.4. The van der Waals surface area contributed by atoms with Crippen LogP contribution in [0.4, 0.5) is 0 Å². The molecule has 1 aromatic carbocycles. The van der Waals surface area contributed by atoms with E-state index in [1.165, 1.54) is 0 Å². The van der Waals surface area contributed by atoms with E-state index in [0.717, 1.165) is 18.7 Å². The minimum absolute atomic E-state index is 0.223. The van der Waals surface area contributed by atoms with Crippen LogP contribution in [-0.2, 0) is 10.0 Å². The molecule has 0 fully saturated rings. The lowest BCUT2D eigenvalue weighted by atomic mass is 10.3. The molecule has 1 heterocycles. The zero-order valence-electron chi connectivity index (χ0n) is 13.2. The van der Waals surface area contributed by atoms with Gasteiger partial charge >= 0.3 is 0 Å². The Hall–Kier alpha value is -1.70. The third-order valence-corrected chi connectivity index (χ3v) is 4.80. The fraction of sp³-hybridized carbons (Fsp3) is 0.400. The van der Waals surface area contributed by atoms with Gasteiger partial charge in [0, 0.05) is 6.54 Å². The Labute approximate surface area is 131 Å². The monoisotopic (exact) mass is 322 g/mol. The molecule has 120 valence electrons. The summed E-state index contributed by atoms with van der Waals surface area (Å²) in [7, 11) is 0.394. The second kappa shape index (κ2) is 7.04. The molecule has 2 rings (SSSR count). The Morgan fingerprint density at radius 3 is 2.55 bits per heavy atom. The Balaban J connectivity index is 2.13. The number of aromatic nitrogens is 2. The highest BCUT2D eigenvalue weighted by Crippen LogP contribution is 2.16. The van der Waals surface area contributed by atoms with Crippen LogP contribution in [0.15, 0.2) is 41.4 Å². The Kier molecular flexibility index (Phi) is 5.33. The van der Waals surface area contributed by atoms with E-state index in [4.69, 9.17) is 0 Å². The predicted molar refractivity (Wildman–Crippen MR) is 86.7 cm³/mol. The van der Waals surface area contributed by atoms with Gasteiger partial charge in [0.25, 0.3) is 0 Å². The molecular weight excluding hydrogens is 300 g/mol. The lowest BCUT2D eigenvalue weighted by Crippen LogP contribution is -2.27. The van der Waals surface area contributed by atoms with Gasteiger partial charge in [-0.15, -0.1) is 0 Å². The number of aryl methyl sites for hydroxylation is 1. The molecule has 0 unspecified atom stereocenters. The molecule has 0 saturated carbocycles. The van der Waals surface area contributed by atoms with E-state index >= 15 is 0 Å². The molecule has 0 atom stereocenters. The summed E-state index contributed by atoms with van der Waals surface area (Å²) in [5, 5.41) is 4.29. The van der Waals surface area contributed by atoms with Crippen LogP contribution in [0, 0.1) is 6.92 Å². The molecule has 0 radical (unpaired) electrons. The van der Waals surface area contributed by atoms with Gasteiger partial charge in [-0.3, -0.25) is 0 Å². The van der Waals surface area contributed by atoms with E-state index < -0.39 is 10.0 Å². The maximum atomic E-state index is 12.4. The number of sulfonamides is 1. The van der Waals surface area contributed by atoms with Crippen LogP contribution in [0.25, 0.3) is 5.69 Å². The number of benzene rings is 1. The summed E-state index contributed by atoms with van der Waals surface area (Å²) in [5.41, 5.74) is 1.32. The molecular formula is C15H22N4O2S. The van der Waals surface area contributed by atoms with Crippen LogP contribution in [0.5, 0.6) is 0 Å². The van der Waals surface area contributed by atoms with Crippen molar-refractivity contribution in [2.45, 2.75) is 18.2 Å². The van der Waals surface area contributed by atoms with Crippen molar-refractivity contribution in [3.8, 4) is 5.69 Å². The number of nitrogens with zero attached hydrogens (tertiary/aromatic N) is 3. The number of rotatable bonds is 7. The van der Waals surface area contributed by atoms with Crippen molar-refractivity contribution >= 4 is 10.0 Å². The summed E-state index contributed by atoms with van der Waals surface area (Å²) in [6, 6.07) is 9.45. The van der Waals surface area contributed by atoms with Crippen LogP contribution < -0.4 is 4.72 Å².